The predicted octanol–water partition coefficient (Wildman–Crippen LogP) is 2.83. The third-order valence-electron chi connectivity index (χ3n) is 3.10. The standard InChI is InChI=1S/C14H10F3N5O2/c1-8-4-11(21-24-8)13(23)20-10-5-9(14(15,16)17)2-3-12(10)22-7-18-6-19-22/h2-7H,1H3,(H,20,23). The molecule has 0 aliphatic heterocycles. The van der Waals surface area contributed by atoms with E-state index >= 15 is 0 Å². The van der Waals surface area contributed by atoms with E-state index in [2.05, 4.69) is 20.6 Å². The Morgan fingerprint density at radius 3 is 2.67 bits per heavy atom. The molecular weight excluding hydrogens is 327 g/mol. The molecule has 1 N–H and O–H groups in total. The molecular formula is C14H10F3N5O2. The average Bonchev–Trinajstić information content (AvgIpc) is 3.17. The van der Waals surface area contributed by atoms with Crippen LogP contribution >= 0.6 is 0 Å². The normalized spacial score (nSPS) is 11.5. The van der Waals surface area contributed by atoms with E-state index in [1.165, 1.54) is 29.5 Å². The van der Waals surface area contributed by atoms with Crippen LogP contribution < -0.4 is 5.32 Å². The van der Waals surface area contributed by atoms with Crippen molar-refractivity contribution in [2.45, 2.75) is 13.1 Å². The fraction of sp³-hybridized carbons (Fsp3) is 0.143. The van der Waals surface area contributed by atoms with Crippen molar-refractivity contribution in [1.29, 1.82) is 0 Å². The van der Waals surface area contributed by atoms with E-state index in [4.69, 9.17) is 4.52 Å². The molecule has 0 saturated heterocycles. The lowest BCUT2D eigenvalue weighted by molar-refractivity contribution is -0.137. The van der Waals surface area contributed by atoms with Crippen LogP contribution in [0.1, 0.15) is 21.8 Å². The summed E-state index contributed by atoms with van der Waals surface area (Å²) in [6, 6.07) is 4.29. The number of amides is 1. The molecule has 24 heavy (non-hydrogen) atoms. The van der Waals surface area contributed by atoms with Crippen LogP contribution in [-0.2, 0) is 6.18 Å². The number of carbonyl (C=O) groups excluding carboxylic acids is 1. The largest absolute Gasteiger partial charge is 0.416 e. The number of aryl methyl sites for hydroxylation is 1. The number of nitrogens with one attached hydrogen (secondary N) is 1. The monoisotopic (exact) mass is 337 g/mol. The van der Waals surface area contributed by atoms with E-state index in [9.17, 15) is 18.0 Å². The molecule has 3 rings (SSSR count). The SMILES string of the molecule is Cc1cc(C(=O)Nc2cc(C(F)(F)F)ccc2-n2cncn2)no1. The highest BCUT2D eigenvalue weighted by atomic mass is 19.4. The summed E-state index contributed by atoms with van der Waals surface area (Å²) in [7, 11) is 0. The molecule has 1 amide bonds. The lowest BCUT2D eigenvalue weighted by atomic mass is 10.1. The summed E-state index contributed by atoms with van der Waals surface area (Å²) in [5.41, 5.74) is -0.803. The van der Waals surface area contributed by atoms with Gasteiger partial charge in [0, 0.05) is 6.07 Å². The highest BCUT2D eigenvalue weighted by Crippen LogP contribution is 2.33. The minimum Gasteiger partial charge on any atom is -0.361 e. The van der Waals surface area contributed by atoms with Crippen molar-refractivity contribution in [2.75, 3.05) is 5.32 Å². The van der Waals surface area contributed by atoms with Crippen molar-refractivity contribution in [2.24, 2.45) is 0 Å². The average molecular weight is 337 g/mol. The van der Waals surface area contributed by atoms with Crippen molar-refractivity contribution in [1.82, 2.24) is 19.9 Å². The molecule has 0 fully saturated rings. The van der Waals surface area contributed by atoms with Crippen LogP contribution in [-0.4, -0.2) is 25.8 Å². The van der Waals surface area contributed by atoms with Gasteiger partial charge < -0.3 is 9.84 Å². The Kier molecular flexibility index (Phi) is 3.80. The second-order valence-corrected chi connectivity index (χ2v) is 4.85. The number of hydrogen-bond acceptors (Lipinski definition) is 5. The van der Waals surface area contributed by atoms with Gasteiger partial charge in [0.2, 0.25) is 0 Å². The molecule has 0 saturated carbocycles. The van der Waals surface area contributed by atoms with Gasteiger partial charge in [-0.1, -0.05) is 5.16 Å². The van der Waals surface area contributed by atoms with Crippen molar-refractivity contribution >= 4 is 11.6 Å². The number of rotatable bonds is 3. The Morgan fingerprint density at radius 2 is 2.08 bits per heavy atom. The summed E-state index contributed by atoms with van der Waals surface area (Å²) in [4.78, 5) is 15.9. The van der Waals surface area contributed by atoms with Crippen LogP contribution in [0.25, 0.3) is 5.69 Å². The van der Waals surface area contributed by atoms with Gasteiger partial charge in [-0.25, -0.2) is 9.67 Å². The van der Waals surface area contributed by atoms with Gasteiger partial charge in [0.15, 0.2) is 5.69 Å². The van der Waals surface area contributed by atoms with Gasteiger partial charge >= 0.3 is 6.18 Å². The summed E-state index contributed by atoms with van der Waals surface area (Å²) in [5, 5.41) is 9.78. The summed E-state index contributed by atoms with van der Waals surface area (Å²) in [6.45, 7) is 1.59. The van der Waals surface area contributed by atoms with Crippen LogP contribution in [0.3, 0.4) is 0 Å². The predicted molar refractivity (Wildman–Crippen MR) is 75.6 cm³/mol. The second kappa shape index (κ2) is 5.80. The minimum absolute atomic E-state index is 0.0468. The molecule has 0 atom stereocenters. The molecule has 1 aromatic carbocycles. The molecule has 3 aromatic rings. The smallest absolute Gasteiger partial charge is 0.361 e. The Morgan fingerprint density at radius 1 is 1.29 bits per heavy atom. The molecule has 0 aliphatic carbocycles. The zero-order chi connectivity index (χ0) is 17.3. The number of benzene rings is 1. The van der Waals surface area contributed by atoms with Crippen LogP contribution in [0.4, 0.5) is 18.9 Å². The summed E-state index contributed by atoms with van der Waals surface area (Å²) < 4.78 is 44.8. The van der Waals surface area contributed by atoms with E-state index in [0.717, 1.165) is 12.1 Å². The van der Waals surface area contributed by atoms with Crippen molar-refractivity contribution in [3.05, 3.63) is 53.9 Å². The first-order valence-electron chi connectivity index (χ1n) is 6.65. The first-order valence-corrected chi connectivity index (χ1v) is 6.65. The maximum absolute atomic E-state index is 12.9. The third-order valence-corrected chi connectivity index (χ3v) is 3.10. The van der Waals surface area contributed by atoms with Crippen molar-refractivity contribution in [3.8, 4) is 5.69 Å². The number of carbonyl (C=O) groups is 1. The molecule has 0 radical (unpaired) electrons. The molecule has 0 aliphatic rings. The van der Waals surface area contributed by atoms with E-state index in [1.54, 1.807) is 6.92 Å². The van der Waals surface area contributed by atoms with E-state index in [1.807, 2.05) is 0 Å². The number of aromatic nitrogens is 4. The number of nitrogens with zero attached hydrogens (tertiary/aromatic N) is 4. The zero-order valence-electron chi connectivity index (χ0n) is 12.2. The fourth-order valence-electron chi connectivity index (χ4n) is 2.00. The van der Waals surface area contributed by atoms with Gasteiger partial charge in [0.25, 0.3) is 5.91 Å². The lowest BCUT2D eigenvalue weighted by Gasteiger charge is -2.13. The molecule has 0 unspecified atom stereocenters. The van der Waals surface area contributed by atoms with E-state index in [0.29, 0.717) is 5.76 Å². The number of hydrogen-bond donors (Lipinski definition) is 1. The molecule has 0 spiro atoms. The Labute approximate surface area is 133 Å². The molecule has 2 aromatic heterocycles. The number of anilines is 1. The third kappa shape index (κ3) is 3.12. The van der Waals surface area contributed by atoms with Gasteiger partial charge in [-0.15, -0.1) is 0 Å². The molecule has 10 heteroatoms. The Balaban J connectivity index is 2.01. The Hall–Kier alpha value is -3.17. The molecule has 124 valence electrons. The maximum Gasteiger partial charge on any atom is 0.416 e. The van der Waals surface area contributed by atoms with E-state index < -0.39 is 17.6 Å². The summed E-state index contributed by atoms with van der Waals surface area (Å²) >= 11 is 0. The van der Waals surface area contributed by atoms with Crippen LogP contribution in [0, 0.1) is 6.92 Å². The zero-order valence-corrected chi connectivity index (χ0v) is 12.2. The van der Waals surface area contributed by atoms with Crippen molar-refractivity contribution in [3.63, 3.8) is 0 Å². The first-order chi connectivity index (χ1) is 11.3. The molecule has 2 heterocycles. The summed E-state index contributed by atoms with van der Waals surface area (Å²) in [5.74, 6) is -0.298. The van der Waals surface area contributed by atoms with Crippen LogP contribution in [0.2, 0.25) is 0 Å². The maximum atomic E-state index is 12.9. The Bertz CT molecular complexity index is 871. The quantitative estimate of drug-likeness (QED) is 0.794. The van der Waals surface area contributed by atoms with Crippen LogP contribution in [0.5, 0.6) is 0 Å². The van der Waals surface area contributed by atoms with Gasteiger partial charge in [0.1, 0.15) is 18.4 Å². The van der Waals surface area contributed by atoms with Crippen molar-refractivity contribution < 1.29 is 22.5 Å². The highest BCUT2D eigenvalue weighted by Gasteiger charge is 2.31. The van der Waals surface area contributed by atoms with Gasteiger partial charge in [-0.3, -0.25) is 4.79 Å². The van der Waals surface area contributed by atoms with E-state index in [-0.39, 0.29) is 17.1 Å². The van der Waals surface area contributed by atoms with Crippen LogP contribution in [0.15, 0.2) is 41.4 Å². The first kappa shape index (κ1) is 15.7. The topological polar surface area (TPSA) is 85.8 Å². The van der Waals surface area contributed by atoms with Gasteiger partial charge in [-0.2, -0.15) is 18.3 Å². The number of alkyl halides is 3. The molecule has 7 nitrogen and oxygen atoms in total. The summed E-state index contributed by atoms with van der Waals surface area (Å²) in [6.07, 6.45) is -2.02. The number of halogens is 3. The second-order valence-electron chi connectivity index (χ2n) is 4.85. The lowest BCUT2D eigenvalue weighted by Crippen LogP contribution is -2.16. The molecule has 0 bridgehead atoms. The minimum atomic E-state index is -4.55. The highest BCUT2D eigenvalue weighted by molar-refractivity contribution is 6.04. The fourth-order valence-corrected chi connectivity index (χ4v) is 2.00. The van der Waals surface area contributed by atoms with Gasteiger partial charge in [-0.05, 0) is 25.1 Å². The van der Waals surface area contributed by atoms with Gasteiger partial charge in [0.05, 0.1) is 16.9 Å².